The Morgan fingerprint density at radius 2 is 1.68 bits per heavy atom. The van der Waals surface area contributed by atoms with Gasteiger partial charge in [0.1, 0.15) is 10.4 Å². The van der Waals surface area contributed by atoms with Crippen LogP contribution in [-0.4, -0.2) is 53.6 Å². The number of thiophene rings is 1. The molecule has 2 aromatic carbocycles. The van der Waals surface area contributed by atoms with E-state index >= 15 is 0 Å². The van der Waals surface area contributed by atoms with E-state index in [2.05, 4.69) is 9.88 Å². The first-order valence-electron chi connectivity index (χ1n) is 11.0. The Balaban J connectivity index is 1.24. The molecule has 0 unspecified atom stereocenters. The summed E-state index contributed by atoms with van der Waals surface area (Å²) >= 11 is 1.31. The van der Waals surface area contributed by atoms with Crippen molar-refractivity contribution in [1.29, 1.82) is 0 Å². The largest absolute Gasteiger partial charge is 0.497 e. The van der Waals surface area contributed by atoms with Crippen LogP contribution >= 0.6 is 11.3 Å². The molecule has 8 nitrogen and oxygen atoms in total. The predicted octanol–water partition coefficient (Wildman–Crippen LogP) is 2.77. The highest BCUT2D eigenvalue weighted by atomic mass is 32.1. The van der Waals surface area contributed by atoms with Gasteiger partial charge in [-0.05, 0) is 53.4 Å². The van der Waals surface area contributed by atoms with Gasteiger partial charge in [-0.2, -0.15) is 0 Å². The minimum atomic E-state index is -0.439. The summed E-state index contributed by atoms with van der Waals surface area (Å²) in [5, 5.41) is 1.78. The van der Waals surface area contributed by atoms with E-state index in [4.69, 9.17) is 4.74 Å². The van der Waals surface area contributed by atoms with E-state index in [0.29, 0.717) is 28.9 Å². The number of aromatic nitrogens is 2. The molecule has 0 saturated carbocycles. The molecule has 1 N–H and O–H groups in total. The topological polar surface area (TPSA) is 87.6 Å². The SMILES string of the molecule is COc1ccc(N2CCN(C(=O)c3ccc(Cn4c(=O)[nH]c5ccsc5c4=O)cc3)CC2)cc1. The van der Waals surface area contributed by atoms with Gasteiger partial charge in [0.05, 0.1) is 19.2 Å². The standard InChI is InChI=1S/C25H24N4O4S/c1-33-20-8-6-19(7-9-20)27-11-13-28(14-12-27)23(30)18-4-2-17(3-5-18)16-29-24(31)22-21(10-15-34-22)26-25(29)32/h2-10,15H,11-14,16H2,1H3,(H,26,32). The molecule has 3 heterocycles. The Labute approximate surface area is 199 Å². The molecule has 34 heavy (non-hydrogen) atoms. The molecule has 174 valence electrons. The van der Waals surface area contributed by atoms with Crippen LogP contribution in [0.5, 0.6) is 5.75 Å². The van der Waals surface area contributed by atoms with Gasteiger partial charge in [-0.3, -0.25) is 14.2 Å². The van der Waals surface area contributed by atoms with Gasteiger partial charge in [0.25, 0.3) is 11.5 Å². The highest BCUT2D eigenvalue weighted by molar-refractivity contribution is 7.17. The number of nitrogens with zero attached hydrogens (tertiary/aromatic N) is 3. The number of nitrogens with one attached hydrogen (secondary N) is 1. The quantitative estimate of drug-likeness (QED) is 0.479. The average molecular weight is 477 g/mol. The zero-order valence-electron chi connectivity index (χ0n) is 18.7. The number of amides is 1. The monoisotopic (exact) mass is 476 g/mol. The second-order valence-electron chi connectivity index (χ2n) is 8.16. The molecule has 0 atom stereocenters. The third-order valence-corrected chi connectivity index (χ3v) is 7.04. The van der Waals surface area contributed by atoms with E-state index in [1.807, 2.05) is 29.2 Å². The molecular formula is C25H24N4O4S. The molecular weight excluding hydrogens is 452 g/mol. The number of anilines is 1. The van der Waals surface area contributed by atoms with Crippen molar-refractivity contribution in [2.24, 2.45) is 0 Å². The van der Waals surface area contributed by atoms with Gasteiger partial charge in [0.15, 0.2) is 0 Å². The van der Waals surface area contributed by atoms with E-state index in [1.54, 1.807) is 42.8 Å². The number of aromatic amines is 1. The molecule has 0 radical (unpaired) electrons. The Kier molecular flexibility index (Phi) is 5.93. The fraction of sp³-hybridized carbons (Fsp3) is 0.240. The maximum absolute atomic E-state index is 13.0. The van der Waals surface area contributed by atoms with Gasteiger partial charge >= 0.3 is 5.69 Å². The normalized spacial score (nSPS) is 13.9. The summed E-state index contributed by atoms with van der Waals surface area (Å²) in [4.78, 5) is 44.8. The Morgan fingerprint density at radius 1 is 0.971 bits per heavy atom. The Hall–Kier alpha value is -3.85. The van der Waals surface area contributed by atoms with E-state index < -0.39 is 5.69 Å². The highest BCUT2D eigenvalue weighted by Crippen LogP contribution is 2.21. The van der Waals surface area contributed by atoms with Gasteiger partial charge in [-0.25, -0.2) is 4.79 Å². The van der Waals surface area contributed by atoms with E-state index in [1.165, 1.54) is 15.9 Å². The molecule has 1 amide bonds. The lowest BCUT2D eigenvalue weighted by atomic mass is 10.1. The predicted molar refractivity (Wildman–Crippen MR) is 133 cm³/mol. The zero-order chi connectivity index (χ0) is 23.7. The van der Waals surface area contributed by atoms with Crippen LogP contribution < -0.4 is 20.9 Å². The number of ether oxygens (including phenoxy) is 1. The van der Waals surface area contributed by atoms with Crippen molar-refractivity contribution >= 4 is 33.1 Å². The lowest BCUT2D eigenvalue weighted by molar-refractivity contribution is 0.0747. The third-order valence-electron chi connectivity index (χ3n) is 6.14. The van der Waals surface area contributed by atoms with Crippen molar-refractivity contribution < 1.29 is 9.53 Å². The van der Waals surface area contributed by atoms with Crippen LogP contribution in [0, 0.1) is 0 Å². The fourth-order valence-corrected chi connectivity index (χ4v) is 4.99. The number of methoxy groups -OCH3 is 1. The minimum absolute atomic E-state index is 0.0176. The minimum Gasteiger partial charge on any atom is -0.497 e. The van der Waals surface area contributed by atoms with E-state index in [0.717, 1.165) is 30.1 Å². The smallest absolute Gasteiger partial charge is 0.329 e. The van der Waals surface area contributed by atoms with Crippen LogP contribution in [-0.2, 0) is 6.54 Å². The third kappa shape index (κ3) is 4.22. The van der Waals surface area contributed by atoms with Gasteiger partial charge in [0.2, 0.25) is 0 Å². The van der Waals surface area contributed by atoms with Crippen molar-refractivity contribution in [1.82, 2.24) is 14.5 Å². The van der Waals surface area contributed by atoms with Crippen LogP contribution in [0.1, 0.15) is 15.9 Å². The summed E-state index contributed by atoms with van der Waals surface area (Å²) in [6.07, 6.45) is 0. The van der Waals surface area contributed by atoms with Crippen molar-refractivity contribution in [3.8, 4) is 5.75 Å². The second kappa shape index (κ2) is 9.18. The van der Waals surface area contributed by atoms with E-state index in [-0.39, 0.29) is 18.0 Å². The lowest BCUT2D eigenvalue weighted by Gasteiger charge is -2.36. The van der Waals surface area contributed by atoms with Gasteiger partial charge in [0, 0.05) is 37.4 Å². The fourth-order valence-electron chi connectivity index (χ4n) is 4.19. The van der Waals surface area contributed by atoms with Gasteiger partial charge < -0.3 is 19.5 Å². The number of benzene rings is 2. The number of rotatable bonds is 5. The summed E-state index contributed by atoms with van der Waals surface area (Å²) in [6, 6.07) is 16.8. The molecule has 1 fully saturated rings. The maximum Gasteiger partial charge on any atom is 0.329 e. The summed E-state index contributed by atoms with van der Waals surface area (Å²) < 4.78 is 6.93. The first-order valence-corrected chi connectivity index (χ1v) is 11.9. The summed E-state index contributed by atoms with van der Waals surface area (Å²) in [6.45, 7) is 2.94. The number of H-pyrrole nitrogens is 1. The average Bonchev–Trinajstić information content (AvgIpc) is 3.35. The van der Waals surface area contributed by atoms with E-state index in [9.17, 15) is 14.4 Å². The number of carbonyl (C=O) groups is 1. The molecule has 0 spiro atoms. The van der Waals surface area contributed by atoms with Crippen molar-refractivity contribution in [2.75, 3.05) is 38.2 Å². The van der Waals surface area contributed by atoms with Crippen LogP contribution in [0.4, 0.5) is 5.69 Å². The summed E-state index contributed by atoms with van der Waals surface area (Å²) in [7, 11) is 1.65. The summed E-state index contributed by atoms with van der Waals surface area (Å²) in [5.41, 5.74) is 2.31. The number of hydrogen-bond acceptors (Lipinski definition) is 6. The number of hydrogen-bond donors (Lipinski definition) is 1. The van der Waals surface area contributed by atoms with Crippen LogP contribution in [0.15, 0.2) is 69.6 Å². The first-order chi connectivity index (χ1) is 16.5. The number of carbonyl (C=O) groups excluding carboxylic acids is 1. The zero-order valence-corrected chi connectivity index (χ0v) is 19.5. The molecule has 1 aliphatic rings. The Bertz CT molecular complexity index is 1430. The van der Waals surface area contributed by atoms with Gasteiger partial charge in [-0.15, -0.1) is 11.3 Å². The van der Waals surface area contributed by atoms with Crippen LogP contribution in [0.3, 0.4) is 0 Å². The molecule has 0 bridgehead atoms. The molecule has 9 heteroatoms. The molecule has 1 saturated heterocycles. The lowest BCUT2D eigenvalue weighted by Crippen LogP contribution is -2.48. The van der Waals surface area contributed by atoms with Crippen LogP contribution in [0.25, 0.3) is 10.2 Å². The first kappa shape index (κ1) is 22.0. The molecule has 5 rings (SSSR count). The number of piperazine rings is 1. The van der Waals surface area contributed by atoms with Crippen molar-refractivity contribution in [3.05, 3.63) is 91.9 Å². The van der Waals surface area contributed by atoms with Crippen LogP contribution in [0.2, 0.25) is 0 Å². The molecule has 1 aliphatic heterocycles. The molecule has 4 aromatic rings. The summed E-state index contributed by atoms with van der Waals surface area (Å²) in [5.74, 6) is 0.804. The maximum atomic E-state index is 13.0. The van der Waals surface area contributed by atoms with Gasteiger partial charge in [-0.1, -0.05) is 12.1 Å². The Morgan fingerprint density at radius 3 is 2.35 bits per heavy atom. The molecule has 0 aliphatic carbocycles. The second-order valence-corrected chi connectivity index (χ2v) is 9.08. The van der Waals surface area contributed by atoms with Crippen molar-refractivity contribution in [2.45, 2.75) is 6.54 Å². The molecule has 2 aromatic heterocycles. The highest BCUT2D eigenvalue weighted by Gasteiger charge is 2.22. The number of fused-ring (bicyclic) bond motifs is 1. The van der Waals surface area contributed by atoms with Crippen molar-refractivity contribution in [3.63, 3.8) is 0 Å².